The Morgan fingerprint density at radius 1 is 1.12 bits per heavy atom. The molecule has 0 spiro atoms. The Kier molecular flexibility index (Phi) is 5.36. The number of amides is 1. The van der Waals surface area contributed by atoms with Crippen LogP contribution in [-0.4, -0.2) is 32.7 Å². The van der Waals surface area contributed by atoms with Crippen LogP contribution in [0.4, 0.5) is 4.39 Å². The number of carbonyl (C=O) groups is 1. The topological polar surface area (TPSA) is 66.5 Å². The summed E-state index contributed by atoms with van der Waals surface area (Å²) in [7, 11) is -0.748. The summed E-state index contributed by atoms with van der Waals surface area (Å²) in [6.45, 7) is 1.77. The zero-order chi connectivity index (χ0) is 17.9. The molecule has 0 bridgehead atoms. The van der Waals surface area contributed by atoms with Crippen molar-refractivity contribution in [1.82, 2.24) is 9.62 Å². The minimum Gasteiger partial charge on any atom is -0.346 e. The van der Waals surface area contributed by atoms with Crippen LogP contribution in [-0.2, 0) is 10.0 Å². The van der Waals surface area contributed by atoms with Gasteiger partial charge in [0.1, 0.15) is 5.82 Å². The predicted octanol–water partition coefficient (Wildman–Crippen LogP) is 2.57. The Bertz CT molecular complexity index is 833. The van der Waals surface area contributed by atoms with E-state index in [2.05, 4.69) is 5.32 Å². The number of hydrogen-bond donors (Lipinski definition) is 1. The fourth-order valence-electron chi connectivity index (χ4n) is 2.12. The van der Waals surface area contributed by atoms with E-state index in [0.717, 1.165) is 9.87 Å². The number of benzene rings is 2. The monoisotopic (exact) mass is 350 g/mol. The molecule has 0 fully saturated rings. The minimum absolute atomic E-state index is 0.0505. The number of nitrogens with zero attached hydrogens (tertiary/aromatic N) is 1. The van der Waals surface area contributed by atoms with Gasteiger partial charge in [-0.1, -0.05) is 18.2 Å². The van der Waals surface area contributed by atoms with E-state index in [1.165, 1.54) is 44.4 Å². The number of carbonyl (C=O) groups excluding carboxylic acids is 1. The number of rotatable bonds is 5. The van der Waals surface area contributed by atoms with Gasteiger partial charge in [0.25, 0.3) is 5.91 Å². The second-order valence-corrected chi connectivity index (χ2v) is 7.71. The van der Waals surface area contributed by atoms with Gasteiger partial charge in [0, 0.05) is 19.7 Å². The Hall–Kier alpha value is -2.25. The quantitative estimate of drug-likeness (QED) is 0.901. The first-order valence-corrected chi connectivity index (χ1v) is 8.75. The summed E-state index contributed by atoms with van der Waals surface area (Å²) < 4.78 is 38.3. The van der Waals surface area contributed by atoms with Crippen molar-refractivity contribution >= 4 is 15.9 Å². The van der Waals surface area contributed by atoms with Gasteiger partial charge in [0.2, 0.25) is 10.0 Å². The van der Waals surface area contributed by atoms with Gasteiger partial charge in [-0.2, -0.15) is 0 Å². The molecule has 0 radical (unpaired) electrons. The smallest absolute Gasteiger partial charge is 0.251 e. The summed E-state index contributed by atoms with van der Waals surface area (Å²) >= 11 is 0. The molecule has 1 unspecified atom stereocenters. The lowest BCUT2D eigenvalue weighted by molar-refractivity contribution is 0.0939. The second kappa shape index (κ2) is 7.11. The maximum atomic E-state index is 13.0. The molecule has 1 amide bonds. The molecule has 2 aromatic rings. The summed E-state index contributed by atoms with van der Waals surface area (Å²) in [6, 6.07) is 11.3. The van der Waals surface area contributed by atoms with Gasteiger partial charge in [-0.3, -0.25) is 4.79 Å². The van der Waals surface area contributed by atoms with Gasteiger partial charge in [-0.25, -0.2) is 17.1 Å². The van der Waals surface area contributed by atoms with Crippen molar-refractivity contribution in [3.05, 3.63) is 65.5 Å². The first-order chi connectivity index (χ1) is 11.2. The lowest BCUT2D eigenvalue weighted by Crippen LogP contribution is -2.27. The molecule has 2 aromatic carbocycles. The van der Waals surface area contributed by atoms with Crippen molar-refractivity contribution in [3.63, 3.8) is 0 Å². The Labute approximate surface area is 141 Å². The highest BCUT2D eigenvalue weighted by Crippen LogP contribution is 2.17. The third-order valence-corrected chi connectivity index (χ3v) is 5.40. The van der Waals surface area contributed by atoms with Gasteiger partial charge in [-0.15, -0.1) is 0 Å². The maximum absolute atomic E-state index is 13.0. The molecule has 1 atom stereocenters. The molecule has 24 heavy (non-hydrogen) atoms. The summed E-state index contributed by atoms with van der Waals surface area (Å²) in [5.41, 5.74) is 0.994. The summed E-state index contributed by atoms with van der Waals surface area (Å²) in [5.74, 6) is -0.749. The SMILES string of the molecule is CC(NC(=O)c1cccc(S(=O)(=O)N(C)C)c1)c1ccc(F)cc1. The van der Waals surface area contributed by atoms with Gasteiger partial charge in [0.05, 0.1) is 10.9 Å². The summed E-state index contributed by atoms with van der Waals surface area (Å²) in [5, 5.41) is 2.77. The van der Waals surface area contributed by atoms with E-state index in [9.17, 15) is 17.6 Å². The molecular formula is C17H19FN2O3S. The summed E-state index contributed by atoms with van der Waals surface area (Å²) in [6.07, 6.45) is 0. The van der Waals surface area contributed by atoms with Crippen LogP contribution in [0, 0.1) is 5.82 Å². The van der Waals surface area contributed by atoms with E-state index in [1.54, 1.807) is 25.1 Å². The minimum atomic E-state index is -3.61. The molecule has 1 N–H and O–H groups in total. The molecule has 0 aliphatic carbocycles. The Balaban J connectivity index is 2.20. The molecule has 2 rings (SSSR count). The van der Waals surface area contributed by atoms with Crippen LogP contribution in [0.5, 0.6) is 0 Å². The largest absolute Gasteiger partial charge is 0.346 e. The van der Waals surface area contributed by atoms with Crippen molar-refractivity contribution in [1.29, 1.82) is 0 Å². The third kappa shape index (κ3) is 3.98. The van der Waals surface area contributed by atoms with Crippen molar-refractivity contribution in [2.24, 2.45) is 0 Å². The molecule has 0 saturated heterocycles. The lowest BCUT2D eigenvalue weighted by atomic mass is 10.1. The number of sulfonamides is 1. The average Bonchev–Trinajstić information content (AvgIpc) is 2.55. The molecule has 7 heteroatoms. The predicted molar refractivity (Wildman–Crippen MR) is 89.6 cm³/mol. The van der Waals surface area contributed by atoms with Crippen LogP contribution in [0.25, 0.3) is 0 Å². The van der Waals surface area contributed by atoms with Crippen LogP contribution in [0.15, 0.2) is 53.4 Å². The van der Waals surface area contributed by atoms with Crippen LogP contribution >= 0.6 is 0 Å². The van der Waals surface area contributed by atoms with Crippen LogP contribution in [0.2, 0.25) is 0 Å². The standard InChI is InChI=1S/C17H19FN2O3S/c1-12(13-7-9-15(18)10-8-13)19-17(21)14-5-4-6-16(11-14)24(22,23)20(2)3/h4-12H,1-3H3,(H,19,21). The van der Waals surface area contributed by atoms with Gasteiger partial charge in [0.15, 0.2) is 0 Å². The van der Waals surface area contributed by atoms with E-state index < -0.39 is 15.9 Å². The molecular weight excluding hydrogens is 331 g/mol. The normalized spacial score (nSPS) is 12.9. The van der Waals surface area contributed by atoms with Crippen molar-refractivity contribution in [2.75, 3.05) is 14.1 Å². The lowest BCUT2D eigenvalue weighted by Gasteiger charge is -2.15. The third-order valence-electron chi connectivity index (χ3n) is 3.59. The van der Waals surface area contributed by atoms with Gasteiger partial charge in [-0.05, 0) is 42.8 Å². The van der Waals surface area contributed by atoms with Gasteiger partial charge >= 0.3 is 0 Å². The molecule has 0 aliphatic rings. The van der Waals surface area contributed by atoms with Crippen LogP contribution in [0.1, 0.15) is 28.9 Å². The fraction of sp³-hybridized carbons (Fsp3) is 0.235. The summed E-state index contributed by atoms with van der Waals surface area (Å²) in [4.78, 5) is 12.4. The van der Waals surface area contributed by atoms with Crippen LogP contribution in [0.3, 0.4) is 0 Å². The Morgan fingerprint density at radius 2 is 1.75 bits per heavy atom. The van der Waals surface area contributed by atoms with E-state index in [0.29, 0.717) is 0 Å². The first-order valence-electron chi connectivity index (χ1n) is 7.31. The van der Waals surface area contributed by atoms with Crippen molar-refractivity contribution in [2.45, 2.75) is 17.9 Å². The van der Waals surface area contributed by atoms with Crippen LogP contribution < -0.4 is 5.32 Å². The van der Waals surface area contributed by atoms with E-state index in [-0.39, 0.29) is 22.3 Å². The average molecular weight is 350 g/mol. The van der Waals surface area contributed by atoms with Crippen molar-refractivity contribution in [3.8, 4) is 0 Å². The number of hydrogen-bond acceptors (Lipinski definition) is 3. The highest BCUT2D eigenvalue weighted by atomic mass is 32.2. The first kappa shape index (κ1) is 18.1. The number of halogens is 1. The molecule has 0 saturated carbocycles. The van der Waals surface area contributed by atoms with E-state index >= 15 is 0 Å². The van der Waals surface area contributed by atoms with Crippen molar-refractivity contribution < 1.29 is 17.6 Å². The molecule has 0 heterocycles. The molecule has 0 aliphatic heterocycles. The zero-order valence-electron chi connectivity index (χ0n) is 13.7. The van der Waals surface area contributed by atoms with E-state index in [1.807, 2.05) is 0 Å². The highest BCUT2D eigenvalue weighted by Gasteiger charge is 2.19. The second-order valence-electron chi connectivity index (χ2n) is 5.56. The fourth-order valence-corrected chi connectivity index (χ4v) is 3.07. The number of nitrogens with one attached hydrogen (secondary N) is 1. The highest BCUT2D eigenvalue weighted by molar-refractivity contribution is 7.89. The van der Waals surface area contributed by atoms with Gasteiger partial charge < -0.3 is 5.32 Å². The van der Waals surface area contributed by atoms with E-state index in [4.69, 9.17) is 0 Å². The zero-order valence-corrected chi connectivity index (χ0v) is 14.5. The molecule has 0 aromatic heterocycles. The maximum Gasteiger partial charge on any atom is 0.251 e. The Morgan fingerprint density at radius 3 is 2.33 bits per heavy atom. The molecule has 128 valence electrons. The molecule has 5 nitrogen and oxygen atoms in total.